The van der Waals surface area contributed by atoms with E-state index in [1.165, 1.54) is 12.8 Å². The summed E-state index contributed by atoms with van der Waals surface area (Å²) in [6, 6.07) is 0. The number of hydrogen-bond donors (Lipinski definition) is 1. The molecule has 0 amide bonds. The van der Waals surface area contributed by atoms with Crippen molar-refractivity contribution < 1.29 is 0 Å². The zero-order valence-corrected chi connectivity index (χ0v) is 8.96. The molecule has 1 atom stereocenters. The molecule has 0 saturated heterocycles. The lowest BCUT2D eigenvalue weighted by Crippen LogP contribution is -2.00. The van der Waals surface area contributed by atoms with E-state index in [1.54, 1.807) is 0 Å². The first-order chi connectivity index (χ1) is 6.16. The predicted octanol–water partition coefficient (Wildman–Crippen LogP) is 2.83. The number of rotatable bonds is 4. The van der Waals surface area contributed by atoms with Crippen molar-refractivity contribution in [2.24, 2.45) is 0 Å². The van der Waals surface area contributed by atoms with Crippen LogP contribution in [0.15, 0.2) is 0 Å². The Morgan fingerprint density at radius 3 is 2.31 bits per heavy atom. The molecular weight excluding hydrogens is 162 g/mol. The fraction of sp³-hybridized carbons (Fsp3) is 0.800. The van der Waals surface area contributed by atoms with Crippen LogP contribution in [0.25, 0.3) is 0 Å². The SMILES string of the molecule is CCCC(C)c1n[nH]nc1C(C)C. The first-order valence-corrected chi connectivity index (χ1v) is 5.07. The fourth-order valence-corrected chi connectivity index (χ4v) is 1.60. The van der Waals surface area contributed by atoms with Gasteiger partial charge in [-0.05, 0) is 12.3 Å². The molecule has 3 nitrogen and oxygen atoms in total. The Kier molecular flexibility index (Phi) is 3.46. The van der Waals surface area contributed by atoms with Crippen molar-refractivity contribution in [2.45, 2.75) is 52.4 Å². The van der Waals surface area contributed by atoms with Crippen molar-refractivity contribution in [2.75, 3.05) is 0 Å². The molecule has 0 aromatic carbocycles. The van der Waals surface area contributed by atoms with Crippen LogP contribution in [-0.2, 0) is 0 Å². The zero-order valence-electron chi connectivity index (χ0n) is 8.96. The maximum atomic E-state index is 4.22. The van der Waals surface area contributed by atoms with Crippen LogP contribution in [-0.4, -0.2) is 15.4 Å². The molecular formula is C10H19N3. The first-order valence-electron chi connectivity index (χ1n) is 5.07. The van der Waals surface area contributed by atoms with Gasteiger partial charge in [0.05, 0.1) is 11.4 Å². The van der Waals surface area contributed by atoms with Crippen molar-refractivity contribution in [1.82, 2.24) is 15.4 Å². The quantitative estimate of drug-likeness (QED) is 0.776. The van der Waals surface area contributed by atoms with Gasteiger partial charge >= 0.3 is 0 Å². The van der Waals surface area contributed by atoms with Gasteiger partial charge in [0.1, 0.15) is 0 Å². The summed E-state index contributed by atoms with van der Waals surface area (Å²) in [6.07, 6.45) is 2.39. The van der Waals surface area contributed by atoms with E-state index in [2.05, 4.69) is 43.1 Å². The van der Waals surface area contributed by atoms with E-state index in [4.69, 9.17) is 0 Å². The predicted molar refractivity (Wildman–Crippen MR) is 53.8 cm³/mol. The maximum absolute atomic E-state index is 4.22. The van der Waals surface area contributed by atoms with Gasteiger partial charge < -0.3 is 0 Å². The van der Waals surface area contributed by atoms with E-state index in [-0.39, 0.29) is 0 Å². The van der Waals surface area contributed by atoms with E-state index in [0.29, 0.717) is 11.8 Å². The summed E-state index contributed by atoms with van der Waals surface area (Å²) < 4.78 is 0. The summed E-state index contributed by atoms with van der Waals surface area (Å²) in [4.78, 5) is 0. The van der Waals surface area contributed by atoms with Crippen LogP contribution in [0.5, 0.6) is 0 Å². The molecule has 0 aliphatic rings. The number of aromatic amines is 1. The molecule has 74 valence electrons. The molecule has 3 heteroatoms. The molecule has 1 aromatic rings. The van der Waals surface area contributed by atoms with Gasteiger partial charge in [-0.3, -0.25) is 0 Å². The molecule has 0 bridgehead atoms. The molecule has 1 rings (SSSR count). The van der Waals surface area contributed by atoms with Crippen molar-refractivity contribution in [3.05, 3.63) is 11.4 Å². The minimum Gasteiger partial charge on any atom is -0.197 e. The molecule has 1 aromatic heterocycles. The summed E-state index contributed by atoms with van der Waals surface area (Å²) in [5.41, 5.74) is 2.28. The van der Waals surface area contributed by atoms with Gasteiger partial charge in [0.25, 0.3) is 0 Å². The lowest BCUT2D eigenvalue weighted by Gasteiger charge is -2.09. The average Bonchev–Trinajstić information content (AvgIpc) is 2.52. The highest BCUT2D eigenvalue weighted by Crippen LogP contribution is 2.24. The second kappa shape index (κ2) is 4.40. The highest BCUT2D eigenvalue weighted by atomic mass is 15.3. The normalized spacial score (nSPS) is 13.6. The summed E-state index contributed by atoms with van der Waals surface area (Å²) in [5.74, 6) is 0.995. The van der Waals surface area contributed by atoms with Crippen LogP contribution >= 0.6 is 0 Å². The summed E-state index contributed by atoms with van der Waals surface area (Å²) in [6.45, 7) is 8.72. The molecule has 0 aliphatic carbocycles. The Balaban J connectivity index is 2.80. The minimum atomic E-state index is 0.466. The summed E-state index contributed by atoms with van der Waals surface area (Å²) in [7, 11) is 0. The van der Waals surface area contributed by atoms with E-state index in [9.17, 15) is 0 Å². The smallest absolute Gasteiger partial charge is 0.0887 e. The van der Waals surface area contributed by atoms with Crippen LogP contribution in [0.2, 0.25) is 0 Å². The Bertz CT molecular complexity index is 252. The van der Waals surface area contributed by atoms with Gasteiger partial charge in [-0.25, -0.2) is 0 Å². The summed E-state index contributed by atoms with van der Waals surface area (Å²) in [5, 5.41) is 11.1. The van der Waals surface area contributed by atoms with E-state index >= 15 is 0 Å². The van der Waals surface area contributed by atoms with Crippen molar-refractivity contribution >= 4 is 0 Å². The van der Waals surface area contributed by atoms with Crippen molar-refractivity contribution in [3.63, 3.8) is 0 Å². The second-order valence-electron chi connectivity index (χ2n) is 3.94. The Labute approximate surface area is 79.9 Å². The van der Waals surface area contributed by atoms with Crippen molar-refractivity contribution in [1.29, 1.82) is 0 Å². The molecule has 0 radical (unpaired) electrons. The molecule has 1 heterocycles. The maximum Gasteiger partial charge on any atom is 0.0887 e. The Hall–Kier alpha value is -0.860. The van der Waals surface area contributed by atoms with E-state index in [0.717, 1.165) is 11.4 Å². The van der Waals surface area contributed by atoms with Crippen molar-refractivity contribution in [3.8, 4) is 0 Å². The van der Waals surface area contributed by atoms with Crippen LogP contribution < -0.4 is 0 Å². The van der Waals surface area contributed by atoms with Crippen LogP contribution in [0.1, 0.15) is 63.8 Å². The van der Waals surface area contributed by atoms with Gasteiger partial charge in [-0.15, -0.1) is 0 Å². The third-order valence-electron chi connectivity index (χ3n) is 2.34. The molecule has 0 saturated carbocycles. The highest BCUT2D eigenvalue weighted by Gasteiger charge is 2.16. The number of nitrogens with zero attached hydrogens (tertiary/aromatic N) is 2. The monoisotopic (exact) mass is 181 g/mol. The van der Waals surface area contributed by atoms with Crippen LogP contribution in [0, 0.1) is 0 Å². The molecule has 0 fully saturated rings. The molecule has 0 aliphatic heterocycles. The third kappa shape index (κ3) is 2.29. The van der Waals surface area contributed by atoms with E-state index < -0.39 is 0 Å². The van der Waals surface area contributed by atoms with Gasteiger partial charge in [-0.1, -0.05) is 34.1 Å². The van der Waals surface area contributed by atoms with Crippen LogP contribution in [0.4, 0.5) is 0 Å². The topological polar surface area (TPSA) is 41.6 Å². The first kappa shape index (κ1) is 10.2. The average molecular weight is 181 g/mol. The number of hydrogen-bond acceptors (Lipinski definition) is 2. The number of aromatic nitrogens is 3. The minimum absolute atomic E-state index is 0.466. The summed E-state index contributed by atoms with van der Waals surface area (Å²) >= 11 is 0. The standard InChI is InChI=1S/C10H19N3/c1-5-6-8(4)10-9(7(2)3)11-13-12-10/h7-8H,5-6H2,1-4H3,(H,11,12,13). The number of H-pyrrole nitrogens is 1. The van der Waals surface area contributed by atoms with Crippen LogP contribution in [0.3, 0.4) is 0 Å². The van der Waals surface area contributed by atoms with Gasteiger partial charge in [0.15, 0.2) is 0 Å². The number of nitrogens with one attached hydrogen (secondary N) is 1. The Morgan fingerprint density at radius 2 is 1.77 bits per heavy atom. The lowest BCUT2D eigenvalue weighted by atomic mass is 9.96. The Morgan fingerprint density at radius 1 is 1.15 bits per heavy atom. The molecule has 1 N–H and O–H groups in total. The largest absolute Gasteiger partial charge is 0.197 e. The van der Waals surface area contributed by atoms with Gasteiger partial charge in [0.2, 0.25) is 0 Å². The zero-order chi connectivity index (χ0) is 9.84. The van der Waals surface area contributed by atoms with Gasteiger partial charge in [-0.2, -0.15) is 15.4 Å². The van der Waals surface area contributed by atoms with E-state index in [1.807, 2.05) is 0 Å². The molecule has 13 heavy (non-hydrogen) atoms. The van der Waals surface area contributed by atoms with Gasteiger partial charge in [0, 0.05) is 5.92 Å². The fourth-order valence-electron chi connectivity index (χ4n) is 1.60. The molecule has 1 unspecified atom stereocenters. The lowest BCUT2D eigenvalue weighted by molar-refractivity contribution is 0.633. The third-order valence-corrected chi connectivity index (χ3v) is 2.34. The second-order valence-corrected chi connectivity index (χ2v) is 3.94. The highest BCUT2D eigenvalue weighted by molar-refractivity contribution is 5.16. The molecule has 0 spiro atoms.